The molecule has 0 heterocycles. The summed E-state index contributed by atoms with van der Waals surface area (Å²) in [6.07, 6.45) is 8.63. The maximum atomic E-state index is 12.0. The summed E-state index contributed by atoms with van der Waals surface area (Å²) in [7, 11) is 0. The molecular weight excluding hydrogens is 216 g/mol. The Morgan fingerprint density at radius 2 is 1.76 bits per heavy atom. The zero-order valence-corrected chi connectivity index (χ0v) is 10.2. The average Bonchev–Trinajstić information content (AvgIpc) is 2.99. The zero-order chi connectivity index (χ0) is 11.8. The van der Waals surface area contributed by atoms with Crippen LogP contribution in [0, 0.1) is 17.8 Å². The first kappa shape index (κ1) is 11.2. The van der Waals surface area contributed by atoms with Crippen molar-refractivity contribution in [2.75, 3.05) is 0 Å². The van der Waals surface area contributed by atoms with Gasteiger partial charge in [-0.15, -0.1) is 0 Å². The molecule has 0 saturated heterocycles. The Morgan fingerprint density at radius 3 is 2.35 bits per heavy atom. The molecule has 0 aliphatic heterocycles. The Balaban J connectivity index is 1.52. The van der Waals surface area contributed by atoms with Crippen LogP contribution in [0.2, 0.25) is 0 Å². The van der Waals surface area contributed by atoms with Gasteiger partial charge in [-0.2, -0.15) is 0 Å². The number of carbonyl (C=O) groups excluding carboxylic acids is 2. The second-order valence-electron chi connectivity index (χ2n) is 5.77. The fraction of sp³-hybridized carbons (Fsp3) is 0.857. The van der Waals surface area contributed by atoms with E-state index in [4.69, 9.17) is 4.74 Å². The van der Waals surface area contributed by atoms with E-state index < -0.39 is 0 Å². The molecule has 0 aromatic carbocycles. The quantitative estimate of drug-likeness (QED) is 0.546. The molecule has 3 atom stereocenters. The lowest BCUT2D eigenvalue weighted by Gasteiger charge is -2.15. The predicted molar refractivity (Wildman–Crippen MR) is 62.3 cm³/mol. The molecule has 3 nitrogen and oxygen atoms in total. The summed E-state index contributed by atoms with van der Waals surface area (Å²) in [5.41, 5.74) is 0. The highest BCUT2D eigenvalue weighted by Crippen LogP contribution is 2.56. The molecule has 3 aliphatic carbocycles. The third-order valence-electron chi connectivity index (χ3n) is 4.62. The van der Waals surface area contributed by atoms with Gasteiger partial charge in [0.25, 0.3) is 0 Å². The van der Waals surface area contributed by atoms with Gasteiger partial charge in [-0.25, -0.2) is 0 Å². The largest absolute Gasteiger partial charge is 0.462 e. The van der Waals surface area contributed by atoms with Crippen LogP contribution in [0.4, 0.5) is 0 Å². The van der Waals surface area contributed by atoms with Crippen molar-refractivity contribution in [1.82, 2.24) is 0 Å². The number of esters is 1. The van der Waals surface area contributed by atoms with Gasteiger partial charge >= 0.3 is 5.97 Å². The molecule has 3 saturated carbocycles. The van der Waals surface area contributed by atoms with Crippen molar-refractivity contribution >= 4 is 11.8 Å². The van der Waals surface area contributed by atoms with E-state index in [1.54, 1.807) is 0 Å². The van der Waals surface area contributed by atoms with Gasteiger partial charge in [0.15, 0.2) is 0 Å². The van der Waals surface area contributed by atoms with E-state index in [2.05, 4.69) is 0 Å². The number of carbonyl (C=O) groups is 2. The van der Waals surface area contributed by atoms with Crippen LogP contribution in [0.15, 0.2) is 0 Å². The fourth-order valence-corrected chi connectivity index (χ4v) is 3.57. The molecule has 0 amide bonds. The van der Waals surface area contributed by atoms with Crippen LogP contribution in [0.3, 0.4) is 0 Å². The molecule has 0 spiro atoms. The number of hydrogen-bond donors (Lipinski definition) is 0. The number of ketones is 1. The number of fused-ring (bicyclic) bond motifs is 1. The standard InChI is InChI=1S/C14H20O3/c15-11-8-7-10-12(11)13(10)14(16)17-9-5-3-1-2-4-6-9/h9-10,12-13H,1-8H2/t10-,12-,13+/m1/s1. The van der Waals surface area contributed by atoms with Crippen molar-refractivity contribution in [3.8, 4) is 0 Å². The molecule has 0 N–H and O–H groups in total. The third-order valence-corrected chi connectivity index (χ3v) is 4.62. The SMILES string of the molecule is O=C1CC[C@@H]2[C@H]1[C@H]2C(=O)OC1CCCCCC1. The molecule has 17 heavy (non-hydrogen) atoms. The molecule has 0 unspecified atom stereocenters. The van der Waals surface area contributed by atoms with Gasteiger partial charge in [0.1, 0.15) is 11.9 Å². The molecular formula is C14H20O3. The Hall–Kier alpha value is -0.860. The molecule has 3 rings (SSSR count). The molecule has 3 aliphatic rings. The lowest BCUT2D eigenvalue weighted by Crippen LogP contribution is -2.21. The smallest absolute Gasteiger partial charge is 0.310 e. The lowest BCUT2D eigenvalue weighted by atomic mass is 10.1. The summed E-state index contributed by atoms with van der Waals surface area (Å²) in [5.74, 6) is 0.506. The van der Waals surface area contributed by atoms with E-state index in [-0.39, 0.29) is 29.7 Å². The highest BCUT2D eigenvalue weighted by molar-refractivity contribution is 5.94. The lowest BCUT2D eigenvalue weighted by molar-refractivity contribution is -0.153. The Bertz CT molecular complexity index is 328. The Morgan fingerprint density at radius 1 is 1.06 bits per heavy atom. The van der Waals surface area contributed by atoms with Crippen molar-refractivity contribution in [2.45, 2.75) is 57.5 Å². The first-order valence-electron chi connectivity index (χ1n) is 7.00. The van der Waals surface area contributed by atoms with Crippen molar-refractivity contribution in [3.05, 3.63) is 0 Å². The molecule has 0 aromatic rings. The summed E-state index contributed by atoms with van der Waals surface area (Å²) >= 11 is 0. The van der Waals surface area contributed by atoms with Crippen LogP contribution in [0.25, 0.3) is 0 Å². The maximum absolute atomic E-state index is 12.0. The summed E-state index contributed by atoms with van der Waals surface area (Å²) in [4.78, 5) is 23.4. The van der Waals surface area contributed by atoms with E-state index in [0.29, 0.717) is 12.3 Å². The van der Waals surface area contributed by atoms with E-state index in [0.717, 1.165) is 19.3 Å². The number of Topliss-reactive ketones (excluding diaryl/α,β-unsaturated/α-hetero) is 1. The topological polar surface area (TPSA) is 43.4 Å². The predicted octanol–water partition coefficient (Wildman–Crippen LogP) is 2.48. The van der Waals surface area contributed by atoms with Crippen molar-refractivity contribution in [3.63, 3.8) is 0 Å². The van der Waals surface area contributed by atoms with Gasteiger partial charge in [0, 0.05) is 12.3 Å². The van der Waals surface area contributed by atoms with Gasteiger partial charge in [-0.05, 0) is 38.0 Å². The minimum Gasteiger partial charge on any atom is -0.462 e. The van der Waals surface area contributed by atoms with Crippen LogP contribution in [-0.4, -0.2) is 17.9 Å². The van der Waals surface area contributed by atoms with Crippen molar-refractivity contribution in [1.29, 1.82) is 0 Å². The Labute approximate surface area is 102 Å². The van der Waals surface area contributed by atoms with Crippen molar-refractivity contribution in [2.24, 2.45) is 17.8 Å². The second-order valence-corrected chi connectivity index (χ2v) is 5.77. The molecule has 0 radical (unpaired) electrons. The van der Waals surface area contributed by atoms with Crippen LogP contribution in [0.5, 0.6) is 0 Å². The van der Waals surface area contributed by atoms with Gasteiger partial charge in [0.05, 0.1) is 5.92 Å². The van der Waals surface area contributed by atoms with Crippen LogP contribution in [-0.2, 0) is 14.3 Å². The summed E-state index contributed by atoms with van der Waals surface area (Å²) in [5, 5.41) is 0. The summed E-state index contributed by atoms with van der Waals surface area (Å²) < 4.78 is 5.59. The van der Waals surface area contributed by atoms with Crippen LogP contribution in [0.1, 0.15) is 51.4 Å². The molecule has 0 aromatic heterocycles. The fourth-order valence-electron chi connectivity index (χ4n) is 3.57. The van der Waals surface area contributed by atoms with E-state index in [9.17, 15) is 9.59 Å². The summed E-state index contributed by atoms with van der Waals surface area (Å²) in [6.45, 7) is 0. The number of ether oxygens (including phenoxy) is 1. The third kappa shape index (κ3) is 2.12. The highest BCUT2D eigenvalue weighted by atomic mass is 16.5. The monoisotopic (exact) mass is 236 g/mol. The van der Waals surface area contributed by atoms with E-state index in [1.165, 1.54) is 25.7 Å². The second kappa shape index (κ2) is 4.43. The highest BCUT2D eigenvalue weighted by Gasteiger charge is 2.62. The molecule has 0 bridgehead atoms. The van der Waals surface area contributed by atoms with E-state index >= 15 is 0 Å². The van der Waals surface area contributed by atoms with Crippen molar-refractivity contribution < 1.29 is 14.3 Å². The van der Waals surface area contributed by atoms with Gasteiger partial charge < -0.3 is 4.74 Å². The number of rotatable bonds is 2. The van der Waals surface area contributed by atoms with Crippen LogP contribution < -0.4 is 0 Å². The van der Waals surface area contributed by atoms with Gasteiger partial charge in [-0.1, -0.05) is 12.8 Å². The summed E-state index contributed by atoms with van der Waals surface area (Å²) in [6, 6.07) is 0. The molecule has 3 heteroatoms. The first-order valence-corrected chi connectivity index (χ1v) is 7.00. The minimum atomic E-state index is -0.0834. The maximum Gasteiger partial charge on any atom is 0.310 e. The van der Waals surface area contributed by atoms with Crippen LogP contribution >= 0.6 is 0 Å². The van der Waals surface area contributed by atoms with Gasteiger partial charge in [-0.3, -0.25) is 9.59 Å². The minimum absolute atomic E-state index is 0.0354. The normalized spacial score (nSPS) is 37.4. The molecule has 94 valence electrons. The molecule has 3 fully saturated rings. The Kier molecular flexibility index (Phi) is 2.93. The zero-order valence-electron chi connectivity index (χ0n) is 10.2. The average molecular weight is 236 g/mol. The van der Waals surface area contributed by atoms with Gasteiger partial charge in [0.2, 0.25) is 0 Å². The first-order chi connectivity index (χ1) is 8.27. The number of hydrogen-bond acceptors (Lipinski definition) is 3. The van der Waals surface area contributed by atoms with E-state index in [1.807, 2.05) is 0 Å².